The molecule has 0 N–H and O–H groups in total. The normalized spacial score (nSPS) is 21.9. The van der Waals surface area contributed by atoms with Crippen molar-refractivity contribution in [2.24, 2.45) is 0 Å². The molecule has 7 heteroatoms. The van der Waals surface area contributed by atoms with Crippen molar-refractivity contribution in [3.05, 3.63) is 101 Å². The molecule has 3 amide bonds. The fourth-order valence-corrected chi connectivity index (χ4v) is 5.60. The SMILES string of the molecule is Cc1ccccc1[C@@]1(CC(=O)N2CC[C@@H](c3ccccc3F)C2)CC(=O)N(Cc2ccncc2)C1=O. The Hall–Kier alpha value is -3.87. The molecule has 0 unspecified atom stereocenters. The monoisotopic (exact) mass is 485 g/mol. The topological polar surface area (TPSA) is 70.6 Å². The van der Waals surface area contributed by atoms with E-state index in [0.717, 1.165) is 11.1 Å². The molecule has 0 radical (unpaired) electrons. The van der Waals surface area contributed by atoms with Gasteiger partial charge in [0.25, 0.3) is 0 Å². The second kappa shape index (κ2) is 9.64. The van der Waals surface area contributed by atoms with Gasteiger partial charge >= 0.3 is 0 Å². The molecule has 2 atom stereocenters. The number of carbonyl (C=O) groups is 3. The van der Waals surface area contributed by atoms with Crippen LogP contribution in [0.2, 0.25) is 0 Å². The molecule has 6 nitrogen and oxygen atoms in total. The predicted octanol–water partition coefficient (Wildman–Crippen LogP) is 4.13. The van der Waals surface area contributed by atoms with Gasteiger partial charge in [-0.1, -0.05) is 42.5 Å². The van der Waals surface area contributed by atoms with Crippen LogP contribution in [0.3, 0.4) is 0 Å². The largest absolute Gasteiger partial charge is 0.342 e. The van der Waals surface area contributed by atoms with Gasteiger partial charge in [0.2, 0.25) is 17.7 Å². The summed E-state index contributed by atoms with van der Waals surface area (Å²) < 4.78 is 14.3. The van der Waals surface area contributed by atoms with Crippen molar-refractivity contribution in [2.75, 3.05) is 13.1 Å². The molecule has 1 aromatic heterocycles. The highest BCUT2D eigenvalue weighted by atomic mass is 19.1. The van der Waals surface area contributed by atoms with Gasteiger partial charge in [-0.25, -0.2) is 4.39 Å². The number of benzene rings is 2. The average molecular weight is 486 g/mol. The van der Waals surface area contributed by atoms with Gasteiger partial charge in [0.05, 0.1) is 12.0 Å². The lowest BCUT2D eigenvalue weighted by atomic mass is 9.74. The number of imide groups is 1. The van der Waals surface area contributed by atoms with Crippen molar-refractivity contribution in [3.8, 4) is 0 Å². The summed E-state index contributed by atoms with van der Waals surface area (Å²) in [4.78, 5) is 47.7. The summed E-state index contributed by atoms with van der Waals surface area (Å²) in [5, 5.41) is 0. The standard InChI is InChI=1S/C29H28FN3O3/c1-20-6-2-4-8-24(20)29(17-27(35)33(28(29)36)18-21-10-13-31-14-11-21)16-26(34)32-15-12-22(19-32)23-7-3-5-9-25(23)30/h2-11,13-14,22H,12,15-19H2,1H3/t22-,29-/m1/s1. The number of pyridine rings is 1. The van der Waals surface area contributed by atoms with Crippen LogP contribution < -0.4 is 0 Å². The van der Waals surface area contributed by atoms with Gasteiger partial charge < -0.3 is 4.90 Å². The summed E-state index contributed by atoms with van der Waals surface area (Å²) in [5.41, 5.74) is 1.72. The molecule has 2 fully saturated rings. The summed E-state index contributed by atoms with van der Waals surface area (Å²) in [6, 6.07) is 17.7. The highest BCUT2D eigenvalue weighted by molar-refractivity contribution is 6.10. The third kappa shape index (κ3) is 4.30. The minimum Gasteiger partial charge on any atom is -0.342 e. The Morgan fingerprint density at radius 1 is 1.06 bits per heavy atom. The van der Waals surface area contributed by atoms with Crippen LogP contribution in [0.1, 0.15) is 47.4 Å². The molecule has 3 heterocycles. The number of aromatic nitrogens is 1. The second-order valence-corrected chi connectivity index (χ2v) is 9.74. The molecule has 184 valence electrons. The molecule has 0 saturated carbocycles. The molecule has 2 saturated heterocycles. The van der Waals surface area contributed by atoms with E-state index in [4.69, 9.17) is 0 Å². The molecule has 0 spiro atoms. The molecule has 2 aliphatic rings. The lowest BCUT2D eigenvalue weighted by molar-refractivity contribution is -0.143. The molecule has 36 heavy (non-hydrogen) atoms. The van der Waals surface area contributed by atoms with E-state index in [2.05, 4.69) is 4.98 Å². The smallest absolute Gasteiger partial charge is 0.241 e. The molecule has 2 aromatic carbocycles. The third-order valence-electron chi connectivity index (χ3n) is 7.50. The fourth-order valence-electron chi connectivity index (χ4n) is 5.60. The summed E-state index contributed by atoms with van der Waals surface area (Å²) in [6.45, 7) is 2.92. The molecule has 2 aliphatic heterocycles. The number of halogens is 1. The minimum absolute atomic E-state index is 0.0574. The number of hydrogen-bond donors (Lipinski definition) is 0. The molecular formula is C29H28FN3O3. The quantitative estimate of drug-likeness (QED) is 0.493. The van der Waals surface area contributed by atoms with E-state index in [1.54, 1.807) is 47.6 Å². The minimum atomic E-state index is -1.26. The van der Waals surface area contributed by atoms with Crippen molar-refractivity contribution in [3.63, 3.8) is 0 Å². The van der Waals surface area contributed by atoms with E-state index in [9.17, 15) is 18.8 Å². The zero-order chi connectivity index (χ0) is 25.3. The van der Waals surface area contributed by atoms with E-state index < -0.39 is 5.41 Å². The number of hydrogen-bond acceptors (Lipinski definition) is 4. The number of nitrogens with zero attached hydrogens (tertiary/aromatic N) is 3. The maximum absolute atomic E-state index is 14.3. The Morgan fingerprint density at radius 2 is 1.78 bits per heavy atom. The lowest BCUT2D eigenvalue weighted by Gasteiger charge is -2.30. The molecule has 3 aromatic rings. The van der Waals surface area contributed by atoms with Gasteiger partial charge in [-0.2, -0.15) is 0 Å². The Bertz CT molecular complexity index is 1310. The van der Waals surface area contributed by atoms with Crippen molar-refractivity contribution >= 4 is 17.7 Å². The highest BCUT2D eigenvalue weighted by Gasteiger charge is 2.54. The van der Waals surface area contributed by atoms with Crippen LogP contribution in [0.4, 0.5) is 4.39 Å². The van der Waals surface area contributed by atoms with Gasteiger partial charge in [0, 0.05) is 44.2 Å². The Balaban J connectivity index is 1.42. The summed E-state index contributed by atoms with van der Waals surface area (Å²) in [7, 11) is 0. The number of rotatable bonds is 6. The van der Waals surface area contributed by atoms with Gasteiger partial charge in [0.1, 0.15) is 5.82 Å². The first-order valence-corrected chi connectivity index (χ1v) is 12.2. The van der Waals surface area contributed by atoms with Gasteiger partial charge in [-0.3, -0.25) is 24.3 Å². The number of carbonyl (C=O) groups excluding carboxylic acids is 3. The lowest BCUT2D eigenvalue weighted by Crippen LogP contribution is -2.43. The van der Waals surface area contributed by atoms with Gasteiger partial charge in [-0.05, 0) is 53.8 Å². The van der Waals surface area contributed by atoms with Crippen LogP contribution >= 0.6 is 0 Å². The zero-order valence-corrected chi connectivity index (χ0v) is 20.2. The van der Waals surface area contributed by atoms with Crippen LogP contribution in [-0.4, -0.2) is 45.6 Å². The Labute approximate surface area is 209 Å². The average Bonchev–Trinajstić information content (AvgIpc) is 3.45. The van der Waals surface area contributed by atoms with Crippen molar-refractivity contribution in [1.82, 2.24) is 14.8 Å². The van der Waals surface area contributed by atoms with Crippen LogP contribution in [0, 0.1) is 12.7 Å². The van der Waals surface area contributed by atoms with Crippen LogP contribution in [0.5, 0.6) is 0 Å². The van der Waals surface area contributed by atoms with E-state index in [0.29, 0.717) is 30.6 Å². The van der Waals surface area contributed by atoms with Crippen LogP contribution in [-0.2, 0) is 26.3 Å². The summed E-state index contributed by atoms with van der Waals surface area (Å²) in [5.74, 6) is -1.19. The molecule has 0 bridgehead atoms. The fraction of sp³-hybridized carbons (Fsp3) is 0.310. The summed E-state index contributed by atoms with van der Waals surface area (Å²) in [6.07, 6.45) is 3.75. The second-order valence-electron chi connectivity index (χ2n) is 9.74. The van der Waals surface area contributed by atoms with E-state index in [1.807, 2.05) is 31.2 Å². The predicted molar refractivity (Wildman–Crippen MR) is 132 cm³/mol. The first-order valence-electron chi connectivity index (χ1n) is 12.2. The molecule has 5 rings (SSSR count). The summed E-state index contributed by atoms with van der Waals surface area (Å²) >= 11 is 0. The van der Waals surface area contributed by atoms with Crippen molar-refractivity contribution < 1.29 is 18.8 Å². The van der Waals surface area contributed by atoms with Crippen LogP contribution in [0.25, 0.3) is 0 Å². The Kier molecular flexibility index (Phi) is 6.39. The molecular weight excluding hydrogens is 457 g/mol. The maximum Gasteiger partial charge on any atom is 0.241 e. The van der Waals surface area contributed by atoms with Crippen LogP contribution in [0.15, 0.2) is 73.1 Å². The maximum atomic E-state index is 14.3. The van der Waals surface area contributed by atoms with Crippen molar-refractivity contribution in [2.45, 2.75) is 44.1 Å². The highest BCUT2D eigenvalue weighted by Crippen LogP contribution is 2.43. The van der Waals surface area contributed by atoms with E-state index in [1.165, 1.54) is 11.0 Å². The number of amides is 3. The van der Waals surface area contributed by atoms with Gasteiger partial charge in [0.15, 0.2) is 0 Å². The molecule has 0 aliphatic carbocycles. The first-order chi connectivity index (χ1) is 17.4. The number of aryl methyl sites for hydroxylation is 1. The van der Waals surface area contributed by atoms with E-state index in [-0.39, 0.29) is 48.8 Å². The third-order valence-corrected chi connectivity index (χ3v) is 7.50. The van der Waals surface area contributed by atoms with Crippen molar-refractivity contribution in [1.29, 1.82) is 0 Å². The number of likely N-dealkylation sites (tertiary alicyclic amines) is 2. The zero-order valence-electron chi connectivity index (χ0n) is 20.2. The Morgan fingerprint density at radius 3 is 2.53 bits per heavy atom. The van der Waals surface area contributed by atoms with Gasteiger partial charge in [-0.15, -0.1) is 0 Å². The van der Waals surface area contributed by atoms with E-state index >= 15 is 0 Å². The first kappa shape index (κ1) is 23.9.